The number of aromatic nitrogens is 2. The second-order valence-corrected chi connectivity index (χ2v) is 6.36. The van der Waals surface area contributed by atoms with Crippen LogP contribution in [0.1, 0.15) is 16.7 Å². The molecule has 0 unspecified atom stereocenters. The van der Waals surface area contributed by atoms with Gasteiger partial charge in [-0.2, -0.15) is 5.10 Å². The van der Waals surface area contributed by atoms with Crippen molar-refractivity contribution in [2.24, 2.45) is 0 Å². The zero-order valence-electron chi connectivity index (χ0n) is 10.3. The number of anilines is 1. The predicted molar refractivity (Wildman–Crippen MR) is 69.8 cm³/mol. The van der Waals surface area contributed by atoms with E-state index in [0.717, 1.165) is 16.7 Å². The average Bonchev–Trinajstić information content (AvgIpc) is 2.62. The number of aryl methyl sites for hydroxylation is 2. The normalized spacial score (nSPS) is 11.7. The van der Waals surface area contributed by atoms with Crippen molar-refractivity contribution in [3.63, 3.8) is 0 Å². The van der Waals surface area contributed by atoms with E-state index in [1.807, 2.05) is 32.0 Å². The van der Waals surface area contributed by atoms with Crippen molar-refractivity contribution in [1.29, 1.82) is 0 Å². The first kappa shape index (κ1) is 12.6. The number of hydrogen-bond acceptors (Lipinski definition) is 4. The van der Waals surface area contributed by atoms with Crippen LogP contribution in [-0.2, 0) is 15.6 Å². The second-order valence-electron chi connectivity index (χ2n) is 4.40. The fourth-order valence-corrected chi connectivity index (χ4v) is 3.34. The Labute approximate surface area is 106 Å². The molecule has 18 heavy (non-hydrogen) atoms. The van der Waals surface area contributed by atoms with Crippen molar-refractivity contribution in [2.75, 3.05) is 5.73 Å². The number of nitrogens with two attached hydrogens (primary N) is 1. The van der Waals surface area contributed by atoms with Gasteiger partial charge in [-0.1, -0.05) is 29.3 Å². The van der Waals surface area contributed by atoms with E-state index >= 15 is 0 Å². The monoisotopic (exact) mass is 265 g/mol. The highest BCUT2D eigenvalue weighted by Gasteiger charge is 2.20. The molecule has 1 aromatic heterocycles. The molecule has 3 N–H and O–H groups in total. The van der Waals surface area contributed by atoms with Crippen LogP contribution in [0.4, 0.5) is 5.82 Å². The van der Waals surface area contributed by atoms with Crippen LogP contribution in [0.15, 0.2) is 29.3 Å². The summed E-state index contributed by atoms with van der Waals surface area (Å²) in [6.07, 6.45) is 1.24. The first-order valence-electron chi connectivity index (χ1n) is 5.47. The molecule has 1 aromatic carbocycles. The Morgan fingerprint density at radius 1 is 1.22 bits per heavy atom. The van der Waals surface area contributed by atoms with Gasteiger partial charge in [0.05, 0.1) is 11.9 Å². The molecule has 0 radical (unpaired) electrons. The van der Waals surface area contributed by atoms with Gasteiger partial charge in [0.25, 0.3) is 0 Å². The lowest BCUT2D eigenvalue weighted by Gasteiger charge is -2.06. The third-order valence-electron chi connectivity index (χ3n) is 2.61. The highest BCUT2D eigenvalue weighted by atomic mass is 32.2. The minimum atomic E-state index is -3.45. The molecule has 5 nitrogen and oxygen atoms in total. The number of hydrogen-bond donors (Lipinski definition) is 2. The summed E-state index contributed by atoms with van der Waals surface area (Å²) in [7, 11) is -3.45. The van der Waals surface area contributed by atoms with Gasteiger partial charge < -0.3 is 5.73 Å². The number of benzene rings is 1. The topological polar surface area (TPSA) is 88.8 Å². The molecule has 96 valence electrons. The van der Waals surface area contributed by atoms with Crippen LogP contribution in [0.25, 0.3) is 0 Å². The smallest absolute Gasteiger partial charge is 0.187 e. The number of aromatic amines is 1. The molecule has 1 heterocycles. The molecule has 0 spiro atoms. The van der Waals surface area contributed by atoms with Gasteiger partial charge in [0.2, 0.25) is 0 Å². The molecule has 0 saturated heterocycles. The number of nitrogens with zero attached hydrogens (tertiary/aromatic N) is 1. The van der Waals surface area contributed by atoms with Crippen LogP contribution in [0.5, 0.6) is 0 Å². The van der Waals surface area contributed by atoms with E-state index in [1.165, 1.54) is 6.20 Å². The SMILES string of the molecule is Cc1cc(C)cc(CS(=O)(=O)c2cn[nH]c2N)c1. The molecule has 2 rings (SSSR count). The fraction of sp³-hybridized carbons (Fsp3) is 0.250. The van der Waals surface area contributed by atoms with Gasteiger partial charge >= 0.3 is 0 Å². The van der Waals surface area contributed by atoms with Gasteiger partial charge in [0.15, 0.2) is 9.84 Å². The largest absolute Gasteiger partial charge is 0.383 e. The van der Waals surface area contributed by atoms with Gasteiger partial charge in [0.1, 0.15) is 10.7 Å². The zero-order chi connectivity index (χ0) is 13.3. The molecule has 6 heteroatoms. The molecule has 0 aliphatic heterocycles. The number of nitrogen functional groups attached to an aromatic ring is 1. The van der Waals surface area contributed by atoms with E-state index in [9.17, 15) is 8.42 Å². The Morgan fingerprint density at radius 2 is 1.83 bits per heavy atom. The van der Waals surface area contributed by atoms with Crippen molar-refractivity contribution in [3.8, 4) is 0 Å². The van der Waals surface area contributed by atoms with Crippen LogP contribution in [0, 0.1) is 13.8 Å². The maximum absolute atomic E-state index is 12.2. The standard InChI is InChI=1S/C12H15N3O2S/c1-8-3-9(2)5-10(4-8)7-18(16,17)11-6-14-15-12(11)13/h3-6H,7H2,1-2H3,(H3,13,14,15). The summed E-state index contributed by atoms with van der Waals surface area (Å²) in [6.45, 7) is 3.88. The van der Waals surface area contributed by atoms with Gasteiger partial charge in [-0.3, -0.25) is 5.10 Å². The van der Waals surface area contributed by atoms with Gasteiger partial charge in [-0.05, 0) is 19.4 Å². The van der Waals surface area contributed by atoms with Crippen molar-refractivity contribution < 1.29 is 8.42 Å². The van der Waals surface area contributed by atoms with Gasteiger partial charge in [0, 0.05) is 0 Å². The van der Waals surface area contributed by atoms with Crippen molar-refractivity contribution >= 4 is 15.7 Å². The summed E-state index contributed by atoms with van der Waals surface area (Å²) in [5, 5.41) is 6.07. The summed E-state index contributed by atoms with van der Waals surface area (Å²) in [6, 6.07) is 5.73. The number of sulfone groups is 1. The first-order valence-corrected chi connectivity index (χ1v) is 7.12. The summed E-state index contributed by atoms with van der Waals surface area (Å²) in [4.78, 5) is 0.0571. The highest BCUT2D eigenvalue weighted by molar-refractivity contribution is 7.90. The molecule has 0 fully saturated rings. The molecular weight excluding hydrogens is 250 g/mol. The Morgan fingerprint density at radius 3 is 2.33 bits per heavy atom. The zero-order valence-corrected chi connectivity index (χ0v) is 11.1. The van der Waals surface area contributed by atoms with Gasteiger partial charge in [-0.15, -0.1) is 0 Å². The Balaban J connectivity index is 2.37. The van der Waals surface area contributed by atoms with Crippen LogP contribution in [-0.4, -0.2) is 18.6 Å². The lowest BCUT2D eigenvalue weighted by atomic mass is 10.1. The summed E-state index contributed by atoms with van der Waals surface area (Å²) in [5.74, 6) is 0.0126. The van der Waals surface area contributed by atoms with Crippen LogP contribution in [0.2, 0.25) is 0 Å². The average molecular weight is 265 g/mol. The van der Waals surface area contributed by atoms with E-state index in [1.54, 1.807) is 0 Å². The third-order valence-corrected chi connectivity index (χ3v) is 4.31. The van der Waals surface area contributed by atoms with E-state index in [2.05, 4.69) is 10.2 Å². The molecule has 0 aliphatic rings. The minimum Gasteiger partial charge on any atom is -0.383 e. The summed E-state index contributed by atoms with van der Waals surface area (Å²) in [5.41, 5.74) is 8.38. The highest BCUT2D eigenvalue weighted by Crippen LogP contribution is 2.21. The Bertz CT molecular complexity index is 654. The maximum atomic E-state index is 12.2. The van der Waals surface area contributed by atoms with E-state index in [-0.39, 0.29) is 16.5 Å². The molecule has 2 aromatic rings. The molecule has 0 atom stereocenters. The summed E-state index contributed by atoms with van der Waals surface area (Å²) < 4.78 is 24.3. The third kappa shape index (κ3) is 2.53. The number of H-pyrrole nitrogens is 1. The predicted octanol–water partition coefficient (Wildman–Crippen LogP) is 1.58. The Hall–Kier alpha value is -1.82. The number of rotatable bonds is 3. The lowest BCUT2D eigenvalue weighted by molar-refractivity contribution is 0.595. The van der Waals surface area contributed by atoms with Crippen molar-refractivity contribution in [1.82, 2.24) is 10.2 Å². The second kappa shape index (κ2) is 4.45. The fourth-order valence-electron chi connectivity index (χ4n) is 1.98. The summed E-state index contributed by atoms with van der Waals surface area (Å²) >= 11 is 0. The first-order chi connectivity index (χ1) is 8.38. The maximum Gasteiger partial charge on any atom is 0.187 e. The quantitative estimate of drug-likeness (QED) is 0.881. The molecule has 0 amide bonds. The molecule has 0 bridgehead atoms. The van der Waals surface area contributed by atoms with E-state index in [0.29, 0.717) is 0 Å². The van der Waals surface area contributed by atoms with Crippen LogP contribution >= 0.6 is 0 Å². The van der Waals surface area contributed by atoms with Crippen molar-refractivity contribution in [3.05, 3.63) is 41.1 Å². The minimum absolute atomic E-state index is 0.0571. The van der Waals surface area contributed by atoms with Crippen molar-refractivity contribution in [2.45, 2.75) is 24.5 Å². The van der Waals surface area contributed by atoms with E-state index < -0.39 is 9.84 Å². The molecule has 0 saturated carbocycles. The van der Waals surface area contributed by atoms with Crippen LogP contribution in [0.3, 0.4) is 0 Å². The molecular formula is C12H15N3O2S. The lowest BCUT2D eigenvalue weighted by Crippen LogP contribution is -2.07. The Kier molecular flexibility index (Phi) is 3.13. The van der Waals surface area contributed by atoms with Gasteiger partial charge in [-0.25, -0.2) is 8.42 Å². The number of nitrogens with one attached hydrogen (secondary N) is 1. The molecule has 0 aliphatic carbocycles. The van der Waals surface area contributed by atoms with E-state index in [4.69, 9.17) is 5.73 Å². The van der Waals surface area contributed by atoms with Crippen LogP contribution < -0.4 is 5.73 Å².